The van der Waals surface area contributed by atoms with E-state index in [4.69, 9.17) is 4.98 Å². The van der Waals surface area contributed by atoms with Gasteiger partial charge in [-0.3, -0.25) is 4.31 Å². The van der Waals surface area contributed by atoms with Gasteiger partial charge in [-0.15, -0.1) is 13.2 Å². The van der Waals surface area contributed by atoms with Crippen LogP contribution in [0.1, 0.15) is 45.8 Å². The predicted molar refractivity (Wildman–Crippen MR) is 137 cm³/mol. The van der Waals surface area contributed by atoms with Gasteiger partial charge in [0.25, 0.3) is 0 Å². The smallest absolute Gasteiger partial charge is 0.478 e. The molecule has 4 aromatic rings. The van der Waals surface area contributed by atoms with E-state index in [2.05, 4.69) is 10.8 Å². The number of alkyl halides is 3. The van der Waals surface area contributed by atoms with Crippen LogP contribution in [0.25, 0.3) is 10.8 Å². The van der Waals surface area contributed by atoms with Gasteiger partial charge in [0.2, 0.25) is 0 Å². The van der Waals surface area contributed by atoms with Crippen LogP contribution in [-0.2, 0) is 6.54 Å². The van der Waals surface area contributed by atoms with E-state index in [1.165, 1.54) is 24.1 Å². The standard InChI is InChI=1S/C28H23F3N2O3S/c1-17-14-22(12-13-23(17)27(34)35)37-33(16-18-6-10-21(11-7-18)36-28(29,30)31)26-25(19-8-9-19)24-5-3-2-4-20(24)15-32-26/h2-7,10-15,19H,8-9,16H2,1H3,(H,34,35). The van der Waals surface area contributed by atoms with Gasteiger partial charge in [-0.05, 0) is 84.5 Å². The van der Waals surface area contributed by atoms with Gasteiger partial charge >= 0.3 is 12.3 Å². The topological polar surface area (TPSA) is 62.7 Å². The van der Waals surface area contributed by atoms with Crippen LogP contribution in [-0.4, -0.2) is 22.4 Å². The summed E-state index contributed by atoms with van der Waals surface area (Å²) in [7, 11) is 0. The summed E-state index contributed by atoms with van der Waals surface area (Å²) in [4.78, 5) is 17.1. The molecule has 1 heterocycles. The average molecular weight is 525 g/mol. The summed E-state index contributed by atoms with van der Waals surface area (Å²) in [5.74, 6) is -0.0886. The Bertz CT molecular complexity index is 1450. The first kappa shape index (κ1) is 25.0. The van der Waals surface area contributed by atoms with Gasteiger partial charge in [-0.25, -0.2) is 9.78 Å². The normalized spacial score (nSPS) is 13.5. The van der Waals surface area contributed by atoms with Gasteiger partial charge in [0.1, 0.15) is 11.6 Å². The molecule has 5 rings (SSSR count). The Morgan fingerprint density at radius 1 is 1.11 bits per heavy atom. The van der Waals surface area contributed by atoms with E-state index in [1.54, 1.807) is 31.2 Å². The van der Waals surface area contributed by atoms with E-state index in [1.807, 2.05) is 34.8 Å². The molecule has 0 spiro atoms. The molecule has 0 bridgehead atoms. The van der Waals surface area contributed by atoms with Crippen molar-refractivity contribution in [1.29, 1.82) is 0 Å². The molecule has 1 saturated carbocycles. The zero-order chi connectivity index (χ0) is 26.2. The van der Waals surface area contributed by atoms with Gasteiger partial charge in [0.05, 0.1) is 12.1 Å². The molecule has 0 atom stereocenters. The highest BCUT2D eigenvalue weighted by Gasteiger charge is 2.32. The summed E-state index contributed by atoms with van der Waals surface area (Å²) in [5, 5.41) is 11.6. The fourth-order valence-corrected chi connectivity index (χ4v) is 5.38. The third-order valence-corrected chi connectivity index (χ3v) is 7.15. The number of carbonyl (C=O) groups is 1. The summed E-state index contributed by atoms with van der Waals surface area (Å²) in [6, 6.07) is 19.1. The van der Waals surface area contributed by atoms with Crippen molar-refractivity contribution < 1.29 is 27.8 Å². The lowest BCUT2D eigenvalue weighted by Gasteiger charge is -2.26. The quantitative estimate of drug-likeness (QED) is 0.238. The summed E-state index contributed by atoms with van der Waals surface area (Å²) in [6.07, 6.45) is -0.783. The van der Waals surface area contributed by atoms with Crippen molar-refractivity contribution in [3.05, 3.63) is 95.2 Å². The average Bonchev–Trinajstić information content (AvgIpc) is 3.68. The molecule has 1 fully saturated rings. The number of pyridine rings is 1. The summed E-state index contributed by atoms with van der Waals surface area (Å²) >= 11 is 1.42. The SMILES string of the molecule is Cc1cc(SN(Cc2ccc(OC(F)(F)F)cc2)c2ncc3ccccc3c2C2CC2)ccc1C(=O)O. The fourth-order valence-electron chi connectivity index (χ4n) is 4.32. The van der Waals surface area contributed by atoms with E-state index < -0.39 is 12.3 Å². The molecule has 1 aromatic heterocycles. The fraction of sp³-hybridized carbons (Fsp3) is 0.214. The van der Waals surface area contributed by atoms with Crippen molar-refractivity contribution >= 4 is 34.5 Å². The van der Waals surface area contributed by atoms with Crippen molar-refractivity contribution in [2.24, 2.45) is 0 Å². The van der Waals surface area contributed by atoms with Crippen LogP contribution in [0.2, 0.25) is 0 Å². The molecule has 1 aliphatic rings. The number of aromatic nitrogens is 1. The third-order valence-electron chi connectivity index (χ3n) is 6.17. The molecule has 190 valence electrons. The zero-order valence-corrected chi connectivity index (χ0v) is 20.6. The monoisotopic (exact) mass is 524 g/mol. The number of hydrogen-bond acceptors (Lipinski definition) is 5. The number of nitrogens with zero attached hydrogens (tertiary/aromatic N) is 2. The summed E-state index contributed by atoms with van der Waals surface area (Å²) < 4.78 is 43.8. The van der Waals surface area contributed by atoms with Gasteiger partial charge < -0.3 is 9.84 Å². The molecule has 9 heteroatoms. The van der Waals surface area contributed by atoms with Crippen molar-refractivity contribution in [3.63, 3.8) is 0 Å². The first-order valence-corrected chi connectivity index (χ1v) is 12.5. The van der Waals surface area contributed by atoms with E-state index in [0.717, 1.165) is 45.5 Å². The highest BCUT2D eigenvalue weighted by atomic mass is 32.2. The predicted octanol–water partition coefficient (Wildman–Crippen LogP) is 7.73. The van der Waals surface area contributed by atoms with Crippen molar-refractivity contribution in [3.8, 4) is 5.75 Å². The minimum absolute atomic E-state index is 0.235. The Balaban J connectivity index is 1.53. The molecule has 37 heavy (non-hydrogen) atoms. The number of carboxylic acids is 1. The summed E-state index contributed by atoms with van der Waals surface area (Å²) in [5.41, 5.74) is 2.80. The number of rotatable bonds is 8. The van der Waals surface area contributed by atoms with Crippen LogP contribution < -0.4 is 9.04 Å². The molecule has 0 aliphatic heterocycles. The van der Waals surface area contributed by atoms with Gasteiger partial charge in [0, 0.05) is 22.0 Å². The van der Waals surface area contributed by atoms with Crippen LogP contribution >= 0.6 is 11.9 Å². The number of carboxylic acid groups (broad SMARTS) is 1. The lowest BCUT2D eigenvalue weighted by molar-refractivity contribution is -0.274. The molecule has 5 nitrogen and oxygen atoms in total. The van der Waals surface area contributed by atoms with Crippen LogP contribution in [0, 0.1) is 6.92 Å². The maximum absolute atomic E-state index is 12.6. The first-order valence-electron chi connectivity index (χ1n) is 11.7. The molecule has 0 radical (unpaired) electrons. The second kappa shape index (κ2) is 9.97. The lowest BCUT2D eigenvalue weighted by atomic mass is 10.0. The third kappa shape index (κ3) is 5.83. The molecule has 1 N–H and O–H groups in total. The summed E-state index contributed by atoms with van der Waals surface area (Å²) in [6.45, 7) is 2.11. The van der Waals surface area contributed by atoms with E-state index in [0.29, 0.717) is 18.0 Å². The largest absolute Gasteiger partial charge is 0.573 e. The first-order chi connectivity index (χ1) is 17.7. The number of anilines is 1. The van der Waals surface area contributed by atoms with Crippen molar-refractivity contribution in [1.82, 2.24) is 4.98 Å². The van der Waals surface area contributed by atoms with Gasteiger partial charge in [-0.2, -0.15) is 0 Å². The number of aromatic carboxylic acids is 1. The Kier molecular flexibility index (Phi) is 6.72. The number of hydrogen-bond donors (Lipinski definition) is 1. The molecule has 0 amide bonds. The lowest BCUT2D eigenvalue weighted by Crippen LogP contribution is -2.18. The highest BCUT2D eigenvalue weighted by Crippen LogP contribution is 2.48. The van der Waals surface area contributed by atoms with Crippen molar-refractivity contribution in [2.75, 3.05) is 4.31 Å². The van der Waals surface area contributed by atoms with Crippen LogP contribution in [0.3, 0.4) is 0 Å². The second-order valence-corrected chi connectivity index (χ2v) is 10.1. The van der Waals surface area contributed by atoms with Crippen LogP contribution in [0.5, 0.6) is 5.75 Å². The minimum Gasteiger partial charge on any atom is -0.478 e. The van der Waals surface area contributed by atoms with Gasteiger partial charge in [0.15, 0.2) is 0 Å². The minimum atomic E-state index is -4.75. The van der Waals surface area contributed by atoms with Crippen molar-refractivity contribution in [2.45, 2.75) is 43.5 Å². The number of aryl methyl sites for hydroxylation is 1. The van der Waals surface area contributed by atoms with E-state index in [9.17, 15) is 23.1 Å². The van der Waals surface area contributed by atoms with E-state index in [-0.39, 0.29) is 11.3 Å². The van der Waals surface area contributed by atoms with Crippen LogP contribution in [0.15, 0.2) is 77.8 Å². The molecular formula is C28H23F3N2O3S. The number of halogens is 3. The molecular weight excluding hydrogens is 501 g/mol. The molecule has 1 aliphatic carbocycles. The molecule has 0 unspecified atom stereocenters. The maximum atomic E-state index is 12.6. The Morgan fingerprint density at radius 2 is 1.84 bits per heavy atom. The number of fused-ring (bicyclic) bond motifs is 1. The van der Waals surface area contributed by atoms with Gasteiger partial charge in [-0.1, -0.05) is 36.4 Å². The van der Waals surface area contributed by atoms with Crippen LogP contribution in [0.4, 0.5) is 19.0 Å². The maximum Gasteiger partial charge on any atom is 0.573 e. The Hall–Kier alpha value is -3.72. The second-order valence-electron chi connectivity index (χ2n) is 8.96. The molecule has 3 aromatic carbocycles. The van der Waals surface area contributed by atoms with E-state index >= 15 is 0 Å². The zero-order valence-electron chi connectivity index (χ0n) is 19.8. The Labute approximate surface area is 216 Å². The Morgan fingerprint density at radius 3 is 2.49 bits per heavy atom. The number of benzene rings is 3. The number of ether oxygens (including phenoxy) is 1. The highest BCUT2D eigenvalue weighted by molar-refractivity contribution is 8.00. The molecule has 0 saturated heterocycles.